The third-order valence-corrected chi connectivity index (χ3v) is 4.38. The number of aromatic nitrogens is 1. The van der Waals surface area contributed by atoms with E-state index in [0.717, 1.165) is 34.6 Å². The molecule has 0 bridgehead atoms. The van der Waals surface area contributed by atoms with Crippen LogP contribution in [0.15, 0.2) is 71.3 Å². The fourth-order valence-corrected chi connectivity index (χ4v) is 2.91. The molecule has 4 heteroatoms. The van der Waals surface area contributed by atoms with Crippen molar-refractivity contribution >= 4 is 15.9 Å². The minimum atomic E-state index is 0.565. The lowest BCUT2D eigenvalue weighted by atomic mass is 10.1. The van der Waals surface area contributed by atoms with Gasteiger partial charge in [-0.25, -0.2) is 0 Å². The van der Waals surface area contributed by atoms with Crippen molar-refractivity contribution in [2.75, 3.05) is 0 Å². The Labute approximate surface area is 157 Å². The molecule has 0 fully saturated rings. The number of nitrogens with zero attached hydrogens (tertiary/aromatic N) is 1. The quantitative estimate of drug-likeness (QED) is 0.608. The lowest BCUT2D eigenvalue weighted by molar-refractivity contribution is 0.302. The van der Waals surface area contributed by atoms with Gasteiger partial charge in [-0.05, 0) is 42.8 Å². The smallest absolute Gasteiger partial charge is 0.124 e. The lowest BCUT2D eigenvalue weighted by Crippen LogP contribution is -2.14. The van der Waals surface area contributed by atoms with Crippen molar-refractivity contribution in [1.29, 1.82) is 0 Å². The van der Waals surface area contributed by atoms with Gasteiger partial charge in [0.15, 0.2) is 0 Å². The molecule has 0 amide bonds. The summed E-state index contributed by atoms with van der Waals surface area (Å²) < 4.78 is 7.09. The molecule has 0 radical (unpaired) electrons. The van der Waals surface area contributed by atoms with E-state index in [2.05, 4.69) is 63.5 Å². The van der Waals surface area contributed by atoms with Crippen LogP contribution in [-0.4, -0.2) is 4.98 Å². The summed E-state index contributed by atoms with van der Waals surface area (Å²) in [5, 5.41) is 3.43. The van der Waals surface area contributed by atoms with Crippen LogP contribution in [0, 0.1) is 6.92 Å². The SMILES string of the molecule is Cc1ccc(COc2ccc(Br)cc2CNCc2ccccn2)cc1. The fraction of sp³-hybridized carbons (Fsp3) is 0.190. The summed E-state index contributed by atoms with van der Waals surface area (Å²) in [6, 6.07) is 20.5. The van der Waals surface area contributed by atoms with Crippen LogP contribution in [0.5, 0.6) is 5.75 Å². The zero-order valence-electron chi connectivity index (χ0n) is 14.2. The molecule has 3 aromatic rings. The molecule has 1 N–H and O–H groups in total. The molecule has 3 nitrogen and oxygen atoms in total. The summed E-state index contributed by atoms with van der Waals surface area (Å²) >= 11 is 3.54. The minimum Gasteiger partial charge on any atom is -0.489 e. The van der Waals surface area contributed by atoms with Crippen molar-refractivity contribution in [2.45, 2.75) is 26.6 Å². The first-order chi connectivity index (χ1) is 12.2. The predicted molar refractivity (Wildman–Crippen MR) is 104 cm³/mol. The average Bonchev–Trinajstić information content (AvgIpc) is 2.63. The van der Waals surface area contributed by atoms with Crippen molar-refractivity contribution in [3.63, 3.8) is 0 Å². The summed E-state index contributed by atoms with van der Waals surface area (Å²) in [6.07, 6.45) is 1.81. The highest BCUT2D eigenvalue weighted by Gasteiger charge is 2.06. The van der Waals surface area contributed by atoms with Gasteiger partial charge in [0.1, 0.15) is 12.4 Å². The molecule has 1 heterocycles. The van der Waals surface area contributed by atoms with E-state index in [1.54, 1.807) is 0 Å². The van der Waals surface area contributed by atoms with E-state index in [4.69, 9.17) is 4.74 Å². The van der Waals surface area contributed by atoms with E-state index in [1.165, 1.54) is 11.1 Å². The second kappa shape index (κ2) is 8.79. The van der Waals surface area contributed by atoms with Gasteiger partial charge >= 0.3 is 0 Å². The van der Waals surface area contributed by atoms with Gasteiger partial charge < -0.3 is 10.1 Å². The molecule has 0 aliphatic carbocycles. The third kappa shape index (κ3) is 5.41. The Bertz CT molecular complexity index is 804. The van der Waals surface area contributed by atoms with Crippen molar-refractivity contribution in [3.05, 3.63) is 93.7 Å². The van der Waals surface area contributed by atoms with Crippen LogP contribution >= 0.6 is 15.9 Å². The summed E-state index contributed by atoms with van der Waals surface area (Å²) in [5.74, 6) is 0.900. The maximum Gasteiger partial charge on any atom is 0.124 e. The van der Waals surface area contributed by atoms with E-state index >= 15 is 0 Å². The second-order valence-corrected chi connectivity index (χ2v) is 6.87. The van der Waals surface area contributed by atoms with E-state index in [9.17, 15) is 0 Å². The number of pyridine rings is 1. The average molecular weight is 397 g/mol. The zero-order chi connectivity index (χ0) is 17.5. The predicted octanol–water partition coefficient (Wildman–Crippen LogP) is 5.02. The first-order valence-electron chi connectivity index (χ1n) is 8.28. The van der Waals surface area contributed by atoms with Crippen LogP contribution in [-0.2, 0) is 19.7 Å². The standard InChI is InChI=1S/C21H21BrN2O/c1-16-5-7-17(8-6-16)15-25-21-10-9-19(22)12-18(21)13-23-14-20-4-2-3-11-24-20/h2-12,23H,13-15H2,1H3. The second-order valence-electron chi connectivity index (χ2n) is 5.95. The Balaban J connectivity index is 1.62. The fourth-order valence-electron chi connectivity index (χ4n) is 2.50. The van der Waals surface area contributed by atoms with Crippen molar-refractivity contribution < 1.29 is 4.74 Å². The Morgan fingerprint density at radius 3 is 2.60 bits per heavy atom. The normalized spacial score (nSPS) is 10.6. The number of benzene rings is 2. The molecule has 1 aromatic heterocycles. The number of aryl methyl sites for hydroxylation is 1. The molecular weight excluding hydrogens is 376 g/mol. The summed E-state index contributed by atoms with van der Waals surface area (Å²) in [4.78, 5) is 4.33. The van der Waals surface area contributed by atoms with Gasteiger partial charge in [-0.3, -0.25) is 4.98 Å². The Morgan fingerprint density at radius 1 is 1.00 bits per heavy atom. The molecule has 0 unspecified atom stereocenters. The summed E-state index contributed by atoms with van der Waals surface area (Å²) in [5.41, 5.74) is 4.57. The number of rotatable bonds is 7. The number of halogens is 1. The van der Waals surface area contributed by atoms with Gasteiger partial charge in [0.25, 0.3) is 0 Å². The molecular formula is C21H21BrN2O. The van der Waals surface area contributed by atoms with Crippen molar-refractivity contribution in [1.82, 2.24) is 10.3 Å². The monoisotopic (exact) mass is 396 g/mol. The van der Waals surface area contributed by atoms with Gasteiger partial charge in [-0.15, -0.1) is 0 Å². The highest BCUT2D eigenvalue weighted by atomic mass is 79.9. The van der Waals surface area contributed by atoms with Gasteiger partial charge in [0, 0.05) is 29.3 Å². The van der Waals surface area contributed by atoms with E-state index < -0.39 is 0 Å². The highest BCUT2D eigenvalue weighted by molar-refractivity contribution is 9.10. The molecule has 128 valence electrons. The van der Waals surface area contributed by atoms with Gasteiger partial charge in [-0.2, -0.15) is 0 Å². The number of nitrogens with one attached hydrogen (secondary N) is 1. The molecule has 0 spiro atoms. The van der Waals surface area contributed by atoms with Crippen LogP contribution in [0.3, 0.4) is 0 Å². The molecule has 0 saturated heterocycles. The van der Waals surface area contributed by atoms with Crippen LogP contribution in [0.25, 0.3) is 0 Å². The minimum absolute atomic E-state index is 0.565. The topological polar surface area (TPSA) is 34.1 Å². The van der Waals surface area contributed by atoms with Gasteiger partial charge in [0.05, 0.1) is 5.69 Å². The van der Waals surface area contributed by atoms with Crippen LogP contribution in [0.4, 0.5) is 0 Å². The zero-order valence-corrected chi connectivity index (χ0v) is 15.8. The number of hydrogen-bond acceptors (Lipinski definition) is 3. The molecule has 0 saturated carbocycles. The Kier molecular flexibility index (Phi) is 6.20. The summed E-state index contributed by atoms with van der Waals surface area (Å²) in [6.45, 7) is 4.10. The number of hydrogen-bond donors (Lipinski definition) is 1. The number of ether oxygens (including phenoxy) is 1. The molecule has 25 heavy (non-hydrogen) atoms. The molecule has 2 aromatic carbocycles. The van der Waals surface area contributed by atoms with Gasteiger partial charge in [-0.1, -0.05) is 51.8 Å². The summed E-state index contributed by atoms with van der Waals surface area (Å²) in [7, 11) is 0. The maximum absolute atomic E-state index is 6.04. The van der Waals surface area contributed by atoms with Crippen molar-refractivity contribution in [2.24, 2.45) is 0 Å². The maximum atomic E-state index is 6.04. The van der Waals surface area contributed by atoms with Crippen molar-refractivity contribution in [3.8, 4) is 5.75 Å². The first-order valence-corrected chi connectivity index (χ1v) is 9.07. The van der Waals surface area contributed by atoms with E-state index in [0.29, 0.717) is 6.61 Å². The van der Waals surface area contributed by atoms with Crippen LogP contribution < -0.4 is 10.1 Å². The van der Waals surface area contributed by atoms with E-state index in [1.807, 2.05) is 36.5 Å². The molecule has 3 rings (SSSR count). The van der Waals surface area contributed by atoms with Crippen LogP contribution in [0.2, 0.25) is 0 Å². The Hall–Kier alpha value is -2.17. The lowest BCUT2D eigenvalue weighted by Gasteiger charge is -2.13. The van der Waals surface area contributed by atoms with Crippen LogP contribution in [0.1, 0.15) is 22.4 Å². The van der Waals surface area contributed by atoms with E-state index in [-0.39, 0.29) is 0 Å². The first kappa shape index (κ1) is 17.6. The molecule has 0 aliphatic rings. The largest absolute Gasteiger partial charge is 0.489 e. The molecule has 0 aliphatic heterocycles. The molecule has 0 atom stereocenters. The highest BCUT2D eigenvalue weighted by Crippen LogP contribution is 2.24. The van der Waals surface area contributed by atoms with Gasteiger partial charge in [0.2, 0.25) is 0 Å². The third-order valence-electron chi connectivity index (χ3n) is 3.89. The Morgan fingerprint density at radius 2 is 1.84 bits per heavy atom.